The molecule has 0 aromatic carbocycles. The molecule has 4 rings (SSSR count). The summed E-state index contributed by atoms with van der Waals surface area (Å²) < 4.78 is 11.3. The van der Waals surface area contributed by atoms with Crippen molar-refractivity contribution in [2.45, 2.75) is 52.6 Å². The van der Waals surface area contributed by atoms with E-state index in [1.807, 2.05) is 20.8 Å². The van der Waals surface area contributed by atoms with Crippen molar-refractivity contribution in [2.75, 3.05) is 19.0 Å². The highest BCUT2D eigenvalue weighted by atomic mass is 35.5. The fourth-order valence-corrected chi connectivity index (χ4v) is 4.62. The van der Waals surface area contributed by atoms with E-state index in [9.17, 15) is 9.90 Å². The number of methoxy groups -OCH3 is 1. The van der Waals surface area contributed by atoms with E-state index in [4.69, 9.17) is 21.1 Å². The molecule has 0 unspecified atom stereocenters. The van der Waals surface area contributed by atoms with E-state index in [-0.39, 0.29) is 17.9 Å². The van der Waals surface area contributed by atoms with Crippen LogP contribution in [-0.4, -0.2) is 51.0 Å². The average Bonchev–Trinajstić information content (AvgIpc) is 3.32. The van der Waals surface area contributed by atoms with Gasteiger partial charge in [0.15, 0.2) is 0 Å². The van der Waals surface area contributed by atoms with Gasteiger partial charge in [-0.25, -0.2) is 4.98 Å². The highest BCUT2D eigenvalue weighted by Crippen LogP contribution is 2.35. The second-order valence-electron chi connectivity index (χ2n) is 7.85. The number of rotatable bonds is 7. The molecule has 35 heavy (non-hydrogen) atoms. The van der Waals surface area contributed by atoms with Crippen LogP contribution in [0.2, 0.25) is 5.15 Å². The van der Waals surface area contributed by atoms with Gasteiger partial charge in [0, 0.05) is 29.6 Å². The topological polar surface area (TPSA) is 119 Å². The summed E-state index contributed by atoms with van der Waals surface area (Å²) in [6, 6.07) is 3.44. The molecule has 0 bridgehead atoms. The number of aromatic nitrogens is 4. The van der Waals surface area contributed by atoms with Crippen LogP contribution in [-0.2, 0) is 0 Å². The fraction of sp³-hybridized carbons (Fsp3) is 0.458. The molecule has 3 aromatic rings. The summed E-state index contributed by atoms with van der Waals surface area (Å²) in [4.78, 5) is 21.4. The molecule has 0 atom stereocenters. The maximum Gasteiger partial charge on any atom is 0.296 e. The number of aryl methyl sites for hydroxylation is 1. The fourth-order valence-electron chi connectivity index (χ4n) is 3.80. The van der Waals surface area contributed by atoms with Gasteiger partial charge in [-0.2, -0.15) is 0 Å². The summed E-state index contributed by atoms with van der Waals surface area (Å²) in [6.07, 6.45) is 6.64. The Bertz CT molecular complexity index is 1130. The Morgan fingerprint density at radius 3 is 2.57 bits per heavy atom. The van der Waals surface area contributed by atoms with Crippen LogP contribution >= 0.6 is 22.9 Å². The van der Waals surface area contributed by atoms with E-state index >= 15 is 0 Å². The third kappa shape index (κ3) is 6.87. The van der Waals surface area contributed by atoms with Gasteiger partial charge in [-0.1, -0.05) is 30.5 Å². The van der Waals surface area contributed by atoms with Crippen LogP contribution in [0.1, 0.15) is 55.6 Å². The summed E-state index contributed by atoms with van der Waals surface area (Å²) in [5, 5.41) is 21.2. The van der Waals surface area contributed by atoms with Crippen molar-refractivity contribution in [1.29, 1.82) is 0 Å². The summed E-state index contributed by atoms with van der Waals surface area (Å²) in [6.45, 7) is 6.05. The Kier molecular flexibility index (Phi) is 9.76. The van der Waals surface area contributed by atoms with Crippen LogP contribution in [0.25, 0.3) is 11.1 Å². The lowest BCUT2D eigenvalue weighted by atomic mass is 9.88. The van der Waals surface area contributed by atoms with Crippen molar-refractivity contribution in [1.82, 2.24) is 20.2 Å². The predicted molar refractivity (Wildman–Crippen MR) is 136 cm³/mol. The SMILES string of the molecule is CC.COc1cnc(Cl)cc1-c1cc(C)ncc1C(=O)Nc1nnc(OC2CCC(CO)CC2)s1. The molecule has 1 aliphatic carbocycles. The number of ether oxygens (including phenoxy) is 2. The Morgan fingerprint density at radius 1 is 1.14 bits per heavy atom. The number of aliphatic hydroxyl groups is 1. The normalized spacial score (nSPS) is 17.2. The first-order valence-corrected chi connectivity index (χ1v) is 12.7. The highest BCUT2D eigenvalue weighted by Gasteiger charge is 2.24. The molecule has 0 saturated heterocycles. The Labute approximate surface area is 213 Å². The summed E-state index contributed by atoms with van der Waals surface area (Å²) in [5.74, 6) is 0.445. The minimum atomic E-state index is -0.390. The van der Waals surface area contributed by atoms with Gasteiger partial charge in [-0.3, -0.25) is 15.1 Å². The molecule has 3 aromatic heterocycles. The summed E-state index contributed by atoms with van der Waals surface area (Å²) in [7, 11) is 1.53. The third-order valence-corrected chi connectivity index (χ3v) is 6.51. The zero-order chi connectivity index (χ0) is 25.4. The predicted octanol–water partition coefficient (Wildman–Crippen LogP) is 5.17. The molecule has 188 valence electrons. The quantitative estimate of drug-likeness (QED) is 0.410. The molecule has 1 aliphatic rings. The first-order valence-electron chi connectivity index (χ1n) is 11.6. The molecule has 1 saturated carbocycles. The molecular weight excluding hydrogens is 490 g/mol. The lowest BCUT2D eigenvalue weighted by Gasteiger charge is -2.26. The number of aliphatic hydroxyl groups excluding tert-OH is 1. The molecular formula is C24H30ClN5O4S. The number of amides is 1. The number of pyridine rings is 2. The molecule has 0 aliphatic heterocycles. The number of halogens is 1. The Balaban J connectivity index is 0.00000167. The van der Waals surface area contributed by atoms with E-state index in [2.05, 4.69) is 25.5 Å². The number of nitrogens with one attached hydrogen (secondary N) is 1. The number of carbonyl (C=O) groups is 1. The van der Waals surface area contributed by atoms with Crippen LogP contribution in [0.3, 0.4) is 0 Å². The monoisotopic (exact) mass is 519 g/mol. The molecule has 0 spiro atoms. The van der Waals surface area contributed by atoms with E-state index < -0.39 is 5.91 Å². The van der Waals surface area contributed by atoms with Gasteiger partial charge in [-0.05, 0) is 62.0 Å². The molecule has 11 heteroatoms. The molecule has 1 amide bonds. The van der Waals surface area contributed by atoms with Crippen molar-refractivity contribution in [3.05, 3.63) is 40.9 Å². The van der Waals surface area contributed by atoms with Crippen LogP contribution in [0.5, 0.6) is 10.9 Å². The second kappa shape index (κ2) is 12.8. The van der Waals surface area contributed by atoms with Crippen molar-refractivity contribution in [3.63, 3.8) is 0 Å². The zero-order valence-corrected chi connectivity index (χ0v) is 21.8. The lowest BCUT2D eigenvalue weighted by Crippen LogP contribution is -2.25. The van der Waals surface area contributed by atoms with Crippen molar-refractivity contribution >= 4 is 34.0 Å². The maximum absolute atomic E-state index is 13.1. The van der Waals surface area contributed by atoms with Crippen molar-refractivity contribution in [3.8, 4) is 22.1 Å². The number of hydrogen-bond acceptors (Lipinski definition) is 9. The van der Waals surface area contributed by atoms with E-state index in [1.54, 1.807) is 12.1 Å². The Morgan fingerprint density at radius 2 is 1.89 bits per heavy atom. The maximum atomic E-state index is 13.1. The minimum absolute atomic E-state index is 0.0427. The molecule has 1 fully saturated rings. The molecule has 0 radical (unpaired) electrons. The van der Waals surface area contributed by atoms with Crippen LogP contribution in [0.15, 0.2) is 24.5 Å². The Hall–Kier alpha value is -2.82. The molecule has 3 heterocycles. The van der Waals surface area contributed by atoms with Gasteiger partial charge in [0.2, 0.25) is 5.13 Å². The van der Waals surface area contributed by atoms with Gasteiger partial charge in [-0.15, -0.1) is 5.10 Å². The zero-order valence-electron chi connectivity index (χ0n) is 20.2. The summed E-state index contributed by atoms with van der Waals surface area (Å²) >= 11 is 7.27. The second-order valence-corrected chi connectivity index (χ2v) is 9.18. The van der Waals surface area contributed by atoms with E-state index in [1.165, 1.54) is 30.8 Å². The number of hydrogen-bond donors (Lipinski definition) is 2. The van der Waals surface area contributed by atoms with E-state index in [0.29, 0.717) is 38.7 Å². The average molecular weight is 520 g/mol. The number of anilines is 1. The first-order chi connectivity index (χ1) is 17.0. The van der Waals surface area contributed by atoms with Gasteiger partial charge in [0.05, 0.1) is 18.9 Å². The standard InChI is InChI=1S/C22H24ClN5O4S.C2H6/c1-12-7-15(16-8-19(23)25-10-18(16)31-2)17(9-24-12)20(30)26-21-27-28-22(33-21)32-14-5-3-13(11-29)4-6-14;1-2/h7-10,13-14,29H,3-6,11H2,1-2H3,(H,26,27,30);1-2H3. The van der Waals surface area contributed by atoms with Crippen LogP contribution < -0.4 is 14.8 Å². The van der Waals surface area contributed by atoms with E-state index in [0.717, 1.165) is 31.4 Å². The van der Waals surface area contributed by atoms with Gasteiger partial charge >= 0.3 is 0 Å². The van der Waals surface area contributed by atoms with Gasteiger partial charge < -0.3 is 14.6 Å². The summed E-state index contributed by atoms with van der Waals surface area (Å²) in [5.41, 5.74) is 2.32. The minimum Gasteiger partial charge on any atom is -0.494 e. The third-order valence-electron chi connectivity index (χ3n) is 5.58. The molecule has 2 N–H and O–H groups in total. The smallest absolute Gasteiger partial charge is 0.296 e. The number of carbonyl (C=O) groups excluding carboxylic acids is 1. The number of nitrogens with zero attached hydrogens (tertiary/aromatic N) is 4. The highest BCUT2D eigenvalue weighted by molar-refractivity contribution is 7.17. The van der Waals surface area contributed by atoms with Crippen molar-refractivity contribution < 1.29 is 19.4 Å². The first kappa shape index (κ1) is 26.8. The van der Waals surface area contributed by atoms with Gasteiger partial charge in [0.25, 0.3) is 11.1 Å². The molecule has 9 nitrogen and oxygen atoms in total. The van der Waals surface area contributed by atoms with Crippen LogP contribution in [0, 0.1) is 12.8 Å². The van der Waals surface area contributed by atoms with Crippen molar-refractivity contribution in [2.24, 2.45) is 5.92 Å². The van der Waals surface area contributed by atoms with Crippen LogP contribution in [0.4, 0.5) is 5.13 Å². The largest absolute Gasteiger partial charge is 0.494 e. The lowest BCUT2D eigenvalue weighted by molar-refractivity contribution is 0.102. The van der Waals surface area contributed by atoms with Gasteiger partial charge in [0.1, 0.15) is 17.0 Å².